The van der Waals surface area contributed by atoms with Gasteiger partial charge in [0, 0.05) is 40.1 Å². The van der Waals surface area contributed by atoms with E-state index in [4.69, 9.17) is 34.8 Å². The zero-order valence-corrected chi connectivity index (χ0v) is 29.8. The van der Waals surface area contributed by atoms with Gasteiger partial charge in [-0.2, -0.15) is 0 Å². The zero-order valence-electron chi connectivity index (χ0n) is 26.7. The van der Waals surface area contributed by atoms with Crippen LogP contribution in [0.25, 0.3) is 0 Å². The molecule has 248 valence electrons. The summed E-state index contributed by atoms with van der Waals surface area (Å²) in [6.45, 7) is 7.17. The minimum absolute atomic E-state index is 0.0152. The van der Waals surface area contributed by atoms with E-state index < -0.39 is 28.5 Å². The average Bonchev–Trinajstić information content (AvgIpc) is 3.02. The molecule has 0 aliphatic heterocycles. The van der Waals surface area contributed by atoms with Crippen LogP contribution in [-0.4, -0.2) is 44.3 Å². The minimum Gasteiger partial charge on any atom is -0.354 e. The Hall–Kier alpha value is -3.56. The van der Waals surface area contributed by atoms with Crippen LogP contribution in [0.15, 0.2) is 95.9 Å². The van der Waals surface area contributed by atoms with Crippen molar-refractivity contribution in [3.05, 3.63) is 128 Å². The predicted octanol–water partition coefficient (Wildman–Crippen LogP) is 7.87. The van der Waals surface area contributed by atoms with Gasteiger partial charge < -0.3 is 10.2 Å². The van der Waals surface area contributed by atoms with Gasteiger partial charge in [-0.3, -0.25) is 13.9 Å². The number of aryl methyl sites for hydroxylation is 2. The zero-order chi connectivity index (χ0) is 34.3. The number of hydrogen-bond donors (Lipinski definition) is 1. The lowest BCUT2D eigenvalue weighted by atomic mass is 10.0. The van der Waals surface area contributed by atoms with Gasteiger partial charge in [0.1, 0.15) is 12.6 Å². The van der Waals surface area contributed by atoms with Crippen LogP contribution in [0.2, 0.25) is 15.1 Å². The van der Waals surface area contributed by atoms with Crippen molar-refractivity contribution in [2.75, 3.05) is 17.4 Å². The van der Waals surface area contributed by atoms with Crippen LogP contribution in [0.4, 0.5) is 5.69 Å². The number of amides is 2. The van der Waals surface area contributed by atoms with E-state index in [1.165, 1.54) is 17.0 Å². The van der Waals surface area contributed by atoms with Crippen LogP contribution in [0.1, 0.15) is 36.1 Å². The second kappa shape index (κ2) is 16.0. The van der Waals surface area contributed by atoms with Gasteiger partial charge in [0.05, 0.1) is 10.6 Å². The lowest BCUT2D eigenvalue weighted by Gasteiger charge is -2.34. The van der Waals surface area contributed by atoms with Crippen molar-refractivity contribution in [3.8, 4) is 0 Å². The molecule has 0 bridgehead atoms. The topological polar surface area (TPSA) is 86.8 Å². The molecule has 0 saturated heterocycles. The van der Waals surface area contributed by atoms with Gasteiger partial charge in [-0.05, 0) is 73.4 Å². The first kappa shape index (κ1) is 36.3. The van der Waals surface area contributed by atoms with Crippen molar-refractivity contribution in [1.29, 1.82) is 0 Å². The molecule has 2 amide bonds. The molecule has 7 nitrogen and oxygen atoms in total. The maximum absolute atomic E-state index is 14.7. The second-order valence-corrected chi connectivity index (χ2v) is 14.9. The summed E-state index contributed by atoms with van der Waals surface area (Å²) >= 11 is 19.4. The summed E-state index contributed by atoms with van der Waals surface area (Å²) in [6.07, 6.45) is 0.170. The van der Waals surface area contributed by atoms with E-state index in [1.807, 2.05) is 51.1 Å². The van der Waals surface area contributed by atoms with Crippen molar-refractivity contribution in [1.82, 2.24) is 10.2 Å². The molecule has 4 rings (SSSR count). The maximum Gasteiger partial charge on any atom is 0.264 e. The molecule has 0 spiro atoms. The first-order valence-corrected chi connectivity index (χ1v) is 17.7. The lowest BCUT2D eigenvalue weighted by Crippen LogP contribution is -2.54. The van der Waals surface area contributed by atoms with E-state index >= 15 is 0 Å². The molecule has 1 N–H and O–H groups in total. The maximum atomic E-state index is 14.7. The number of benzene rings is 4. The van der Waals surface area contributed by atoms with Gasteiger partial charge in [-0.1, -0.05) is 103 Å². The van der Waals surface area contributed by atoms with Crippen molar-refractivity contribution in [3.63, 3.8) is 0 Å². The standard InChI is InChI=1S/C36H38Cl3N3O4S/c1-24(2)21-40-36(44)34(20-27-9-6-5-7-10-27)41(22-30-31(38)11-8-12-32(30)39)35(43)23-42(33-18-15-28(37)19-26(33)4)47(45,46)29-16-13-25(3)14-17-29/h5-19,24,34H,20-23H2,1-4H3,(H,40,44)/t34-/m1/s1. The van der Waals surface area contributed by atoms with Gasteiger partial charge >= 0.3 is 0 Å². The highest BCUT2D eigenvalue weighted by Crippen LogP contribution is 2.31. The van der Waals surface area contributed by atoms with Gasteiger partial charge in [-0.15, -0.1) is 0 Å². The molecule has 0 unspecified atom stereocenters. The number of hydrogen-bond acceptors (Lipinski definition) is 4. The summed E-state index contributed by atoms with van der Waals surface area (Å²) in [4.78, 5) is 30.0. The first-order valence-electron chi connectivity index (χ1n) is 15.2. The third-order valence-electron chi connectivity index (χ3n) is 7.66. The Kier molecular flexibility index (Phi) is 12.4. The normalized spacial score (nSPS) is 12.1. The summed E-state index contributed by atoms with van der Waals surface area (Å²) in [5.74, 6) is -0.845. The Morgan fingerprint density at radius 2 is 1.47 bits per heavy atom. The molecular formula is C36H38Cl3N3O4S. The Balaban J connectivity index is 1.86. The summed E-state index contributed by atoms with van der Waals surface area (Å²) in [6, 6.07) is 24.5. The Bertz CT molecular complexity index is 1800. The van der Waals surface area contributed by atoms with E-state index in [0.29, 0.717) is 32.7 Å². The van der Waals surface area contributed by atoms with Crippen LogP contribution < -0.4 is 9.62 Å². The fraction of sp³-hybridized carbons (Fsp3) is 0.278. The summed E-state index contributed by atoms with van der Waals surface area (Å²) in [7, 11) is -4.26. The van der Waals surface area contributed by atoms with Crippen LogP contribution in [-0.2, 0) is 32.6 Å². The fourth-order valence-electron chi connectivity index (χ4n) is 5.08. The van der Waals surface area contributed by atoms with E-state index in [1.54, 1.807) is 55.5 Å². The molecule has 0 aliphatic rings. The quantitative estimate of drug-likeness (QED) is 0.153. The number of carbonyl (C=O) groups excluding carboxylic acids is 2. The Morgan fingerprint density at radius 1 is 0.830 bits per heavy atom. The molecular weight excluding hydrogens is 677 g/mol. The molecule has 4 aromatic carbocycles. The SMILES string of the molecule is Cc1ccc(S(=O)(=O)N(CC(=O)N(Cc2c(Cl)cccc2Cl)[C@H](Cc2ccccc2)C(=O)NCC(C)C)c2ccc(Cl)cc2C)cc1. The number of rotatable bonds is 13. The van der Waals surface area contributed by atoms with Crippen LogP contribution in [0.5, 0.6) is 0 Å². The summed E-state index contributed by atoms with van der Waals surface area (Å²) in [5.41, 5.74) is 2.97. The predicted molar refractivity (Wildman–Crippen MR) is 191 cm³/mol. The lowest BCUT2D eigenvalue weighted by molar-refractivity contribution is -0.140. The number of nitrogens with zero attached hydrogens (tertiary/aromatic N) is 2. The minimum atomic E-state index is -4.26. The monoisotopic (exact) mass is 713 g/mol. The molecule has 0 fully saturated rings. The number of nitrogens with one attached hydrogen (secondary N) is 1. The average molecular weight is 715 g/mol. The van der Waals surface area contributed by atoms with Crippen LogP contribution >= 0.6 is 34.8 Å². The molecule has 1 atom stereocenters. The van der Waals surface area contributed by atoms with Gasteiger partial charge in [0.15, 0.2) is 0 Å². The molecule has 0 aliphatic carbocycles. The third kappa shape index (κ3) is 9.29. The number of sulfonamides is 1. The van der Waals surface area contributed by atoms with E-state index in [9.17, 15) is 18.0 Å². The first-order chi connectivity index (χ1) is 22.3. The summed E-state index contributed by atoms with van der Waals surface area (Å²) < 4.78 is 29.6. The van der Waals surface area contributed by atoms with Crippen molar-refractivity contribution in [2.24, 2.45) is 5.92 Å². The molecule has 47 heavy (non-hydrogen) atoms. The number of anilines is 1. The highest BCUT2D eigenvalue weighted by molar-refractivity contribution is 7.92. The third-order valence-corrected chi connectivity index (χ3v) is 10.4. The van der Waals surface area contributed by atoms with E-state index in [-0.39, 0.29) is 35.4 Å². The highest BCUT2D eigenvalue weighted by Gasteiger charge is 2.35. The van der Waals surface area contributed by atoms with Gasteiger partial charge in [0.2, 0.25) is 11.8 Å². The van der Waals surface area contributed by atoms with Crippen LogP contribution in [0, 0.1) is 19.8 Å². The highest BCUT2D eigenvalue weighted by atomic mass is 35.5. The molecule has 0 radical (unpaired) electrons. The number of halogens is 3. The molecule has 11 heteroatoms. The van der Waals surface area contributed by atoms with Gasteiger partial charge in [-0.25, -0.2) is 8.42 Å². The number of carbonyl (C=O) groups is 2. The van der Waals surface area contributed by atoms with Crippen molar-refractivity contribution < 1.29 is 18.0 Å². The molecule has 4 aromatic rings. The Morgan fingerprint density at radius 3 is 2.06 bits per heavy atom. The second-order valence-electron chi connectivity index (χ2n) is 11.8. The largest absolute Gasteiger partial charge is 0.354 e. The van der Waals surface area contributed by atoms with E-state index in [0.717, 1.165) is 15.4 Å². The van der Waals surface area contributed by atoms with Crippen molar-refractivity contribution >= 4 is 62.3 Å². The van der Waals surface area contributed by atoms with E-state index in [2.05, 4.69) is 5.32 Å². The summed E-state index contributed by atoms with van der Waals surface area (Å²) in [5, 5.41) is 4.02. The molecule has 0 heterocycles. The van der Waals surface area contributed by atoms with Crippen molar-refractivity contribution in [2.45, 2.75) is 51.6 Å². The molecule has 0 saturated carbocycles. The van der Waals surface area contributed by atoms with Gasteiger partial charge in [0.25, 0.3) is 10.0 Å². The van der Waals surface area contributed by atoms with Crippen LogP contribution in [0.3, 0.4) is 0 Å². The Labute approximate surface area is 292 Å². The fourth-order valence-corrected chi connectivity index (χ4v) is 7.30. The molecule has 0 aromatic heterocycles. The smallest absolute Gasteiger partial charge is 0.264 e.